The van der Waals surface area contributed by atoms with E-state index in [-0.39, 0.29) is 11.8 Å². The number of hydrogen-bond donors (Lipinski definition) is 1. The SMILES string of the molecule is CCc1[nH]nc(C(=O)N2CCC(c3ccccc3C(F)(F)F)CC2)c1CN(C)CC. The van der Waals surface area contributed by atoms with Gasteiger partial charge in [-0.15, -0.1) is 0 Å². The number of rotatable bonds is 6. The average molecular weight is 422 g/mol. The fraction of sp³-hybridized carbons (Fsp3) is 0.545. The maximum atomic E-state index is 13.4. The van der Waals surface area contributed by atoms with Gasteiger partial charge in [-0.3, -0.25) is 9.89 Å². The van der Waals surface area contributed by atoms with Gasteiger partial charge in [0.1, 0.15) is 0 Å². The van der Waals surface area contributed by atoms with E-state index in [4.69, 9.17) is 0 Å². The molecule has 1 fully saturated rings. The van der Waals surface area contributed by atoms with Gasteiger partial charge in [-0.1, -0.05) is 32.0 Å². The van der Waals surface area contributed by atoms with E-state index in [9.17, 15) is 18.0 Å². The third-order valence-electron chi connectivity index (χ3n) is 5.96. The number of carbonyl (C=O) groups excluding carboxylic acids is 1. The molecular weight excluding hydrogens is 393 g/mol. The average Bonchev–Trinajstić information content (AvgIpc) is 3.15. The molecule has 8 heteroatoms. The van der Waals surface area contributed by atoms with Gasteiger partial charge >= 0.3 is 6.18 Å². The fourth-order valence-corrected chi connectivity index (χ4v) is 4.08. The van der Waals surface area contributed by atoms with Gasteiger partial charge in [-0.05, 0) is 50.4 Å². The minimum absolute atomic E-state index is 0.145. The van der Waals surface area contributed by atoms with Crippen molar-refractivity contribution in [1.29, 1.82) is 0 Å². The minimum atomic E-state index is -4.37. The molecule has 1 aliphatic heterocycles. The zero-order chi connectivity index (χ0) is 21.9. The number of aromatic amines is 1. The van der Waals surface area contributed by atoms with Gasteiger partial charge in [0.25, 0.3) is 5.91 Å². The largest absolute Gasteiger partial charge is 0.416 e. The van der Waals surface area contributed by atoms with E-state index < -0.39 is 11.7 Å². The molecule has 30 heavy (non-hydrogen) atoms. The Labute approximate surface area is 175 Å². The van der Waals surface area contributed by atoms with Crippen molar-refractivity contribution < 1.29 is 18.0 Å². The second-order valence-electron chi connectivity index (χ2n) is 7.86. The number of likely N-dealkylation sites (tertiary alicyclic amines) is 1. The highest BCUT2D eigenvalue weighted by Crippen LogP contribution is 2.38. The summed E-state index contributed by atoms with van der Waals surface area (Å²) in [6.45, 7) is 6.40. The topological polar surface area (TPSA) is 52.2 Å². The maximum absolute atomic E-state index is 13.4. The minimum Gasteiger partial charge on any atom is -0.337 e. The molecule has 5 nitrogen and oxygen atoms in total. The molecule has 0 spiro atoms. The molecule has 1 N–H and O–H groups in total. The Balaban J connectivity index is 1.74. The van der Waals surface area contributed by atoms with Crippen LogP contribution in [-0.2, 0) is 19.1 Å². The number of carbonyl (C=O) groups is 1. The maximum Gasteiger partial charge on any atom is 0.416 e. The number of nitrogens with one attached hydrogen (secondary N) is 1. The lowest BCUT2D eigenvalue weighted by molar-refractivity contribution is -0.138. The van der Waals surface area contributed by atoms with E-state index in [0.29, 0.717) is 43.7 Å². The van der Waals surface area contributed by atoms with Crippen LogP contribution in [0, 0.1) is 0 Å². The Bertz CT molecular complexity index is 870. The second kappa shape index (κ2) is 9.20. The lowest BCUT2D eigenvalue weighted by Crippen LogP contribution is -2.39. The number of alkyl halides is 3. The first-order chi connectivity index (χ1) is 14.3. The van der Waals surface area contributed by atoms with Gasteiger partial charge in [-0.2, -0.15) is 18.3 Å². The molecule has 0 atom stereocenters. The highest BCUT2D eigenvalue weighted by molar-refractivity contribution is 5.94. The molecule has 1 aliphatic rings. The summed E-state index contributed by atoms with van der Waals surface area (Å²) in [4.78, 5) is 17.0. The molecular formula is C22H29F3N4O. The predicted molar refractivity (Wildman–Crippen MR) is 109 cm³/mol. The molecule has 1 aromatic heterocycles. The highest BCUT2D eigenvalue weighted by atomic mass is 19.4. The molecule has 164 valence electrons. The summed E-state index contributed by atoms with van der Waals surface area (Å²) in [5.74, 6) is -0.351. The number of aromatic nitrogens is 2. The lowest BCUT2D eigenvalue weighted by atomic mass is 9.86. The van der Waals surface area contributed by atoms with Crippen LogP contribution in [0.5, 0.6) is 0 Å². The van der Waals surface area contributed by atoms with Crippen molar-refractivity contribution in [3.63, 3.8) is 0 Å². The first-order valence-corrected chi connectivity index (χ1v) is 10.5. The van der Waals surface area contributed by atoms with E-state index >= 15 is 0 Å². The highest BCUT2D eigenvalue weighted by Gasteiger charge is 2.36. The zero-order valence-corrected chi connectivity index (χ0v) is 17.7. The summed E-state index contributed by atoms with van der Waals surface area (Å²) >= 11 is 0. The number of aryl methyl sites for hydroxylation is 1. The molecule has 0 aliphatic carbocycles. The number of H-pyrrole nitrogens is 1. The smallest absolute Gasteiger partial charge is 0.337 e. The van der Waals surface area contributed by atoms with E-state index in [2.05, 4.69) is 22.0 Å². The zero-order valence-electron chi connectivity index (χ0n) is 17.7. The predicted octanol–water partition coefficient (Wildman–Crippen LogP) is 4.46. The van der Waals surface area contributed by atoms with Gasteiger partial charge in [-0.25, -0.2) is 0 Å². The van der Waals surface area contributed by atoms with E-state index in [1.807, 2.05) is 14.0 Å². The Kier molecular flexibility index (Phi) is 6.85. The van der Waals surface area contributed by atoms with E-state index in [1.165, 1.54) is 6.07 Å². The number of benzene rings is 1. The van der Waals surface area contributed by atoms with Crippen LogP contribution in [0.1, 0.15) is 65.5 Å². The first kappa shape index (κ1) is 22.3. The number of nitrogens with zero attached hydrogens (tertiary/aromatic N) is 3. The van der Waals surface area contributed by atoms with E-state index in [0.717, 1.165) is 30.3 Å². The van der Waals surface area contributed by atoms with Crippen molar-refractivity contribution in [1.82, 2.24) is 20.0 Å². The normalized spacial score (nSPS) is 15.8. The van der Waals surface area contributed by atoms with Crippen LogP contribution in [-0.4, -0.2) is 52.6 Å². The molecule has 2 heterocycles. The number of amides is 1. The van der Waals surface area contributed by atoms with E-state index in [1.54, 1.807) is 17.0 Å². The van der Waals surface area contributed by atoms with Crippen LogP contribution < -0.4 is 0 Å². The third-order valence-corrected chi connectivity index (χ3v) is 5.96. The van der Waals surface area contributed by atoms with Gasteiger partial charge in [0.2, 0.25) is 0 Å². The molecule has 0 saturated carbocycles. The second-order valence-corrected chi connectivity index (χ2v) is 7.86. The molecule has 1 amide bonds. The Morgan fingerprint density at radius 2 is 1.90 bits per heavy atom. The Morgan fingerprint density at radius 1 is 1.23 bits per heavy atom. The van der Waals surface area contributed by atoms with Crippen LogP contribution in [0.15, 0.2) is 24.3 Å². The van der Waals surface area contributed by atoms with Crippen molar-refractivity contribution >= 4 is 5.91 Å². The van der Waals surface area contributed by atoms with Gasteiger partial charge in [0.05, 0.1) is 5.56 Å². The number of halogens is 3. The summed E-state index contributed by atoms with van der Waals surface area (Å²) < 4.78 is 40.1. The molecule has 2 aromatic rings. The van der Waals surface area contributed by atoms with Crippen LogP contribution >= 0.6 is 0 Å². The molecule has 0 bridgehead atoms. The van der Waals surface area contributed by atoms with Gasteiger partial charge in [0.15, 0.2) is 5.69 Å². The van der Waals surface area contributed by atoms with Crippen molar-refractivity contribution in [3.05, 3.63) is 52.3 Å². The van der Waals surface area contributed by atoms with Crippen LogP contribution in [0.4, 0.5) is 13.2 Å². The molecule has 3 rings (SSSR count). The molecule has 1 saturated heterocycles. The molecule has 0 radical (unpaired) electrons. The van der Waals surface area contributed by atoms with Gasteiger partial charge < -0.3 is 9.80 Å². The molecule has 1 aromatic carbocycles. The molecule has 0 unspecified atom stereocenters. The summed E-state index contributed by atoms with van der Waals surface area (Å²) in [6, 6.07) is 5.77. The van der Waals surface area contributed by atoms with Crippen LogP contribution in [0.2, 0.25) is 0 Å². The Hall–Kier alpha value is -2.35. The summed E-state index contributed by atoms with van der Waals surface area (Å²) in [5.41, 5.74) is 2.06. The lowest BCUT2D eigenvalue weighted by Gasteiger charge is -2.33. The van der Waals surface area contributed by atoms with Crippen molar-refractivity contribution in [2.75, 3.05) is 26.7 Å². The van der Waals surface area contributed by atoms with Gasteiger partial charge in [0, 0.05) is 30.9 Å². The van der Waals surface area contributed by atoms with Crippen molar-refractivity contribution in [2.45, 2.75) is 51.7 Å². The first-order valence-electron chi connectivity index (χ1n) is 10.5. The Morgan fingerprint density at radius 3 is 2.50 bits per heavy atom. The third kappa shape index (κ3) is 4.69. The van der Waals surface area contributed by atoms with Crippen molar-refractivity contribution in [3.8, 4) is 0 Å². The quantitative estimate of drug-likeness (QED) is 0.748. The summed E-state index contributed by atoms with van der Waals surface area (Å²) in [5, 5.41) is 7.26. The van der Waals surface area contributed by atoms with Crippen molar-refractivity contribution in [2.24, 2.45) is 0 Å². The number of hydrogen-bond acceptors (Lipinski definition) is 3. The summed E-state index contributed by atoms with van der Waals surface area (Å²) in [6.07, 6.45) is -2.60. The monoisotopic (exact) mass is 422 g/mol. The number of piperidine rings is 1. The van der Waals surface area contributed by atoms with Crippen LogP contribution in [0.3, 0.4) is 0 Å². The summed E-state index contributed by atoms with van der Waals surface area (Å²) in [7, 11) is 1.99. The van der Waals surface area contributed by atoms with Crippen LogP contribution in [0.25, 0.3) is 0 Å². The fourth-order valence-electron chi connectivity index (χ4n) is 4.08. The standard InChI is InChI=1S/C22H29F3N4O/c1-4-19-17(14-28(3)5-2)20(27-26-19)21(30)29-12-10-15(11-13-29)16-8-6-7-9-18(16)22(23,24)25/h6-9,15H,4-5,10-14H2,1-3H3,(H,26,27).